The third-order valence-electron chi connectivity index (χ3n) is 7.82. The average Bonchev–Trinajstić information content (AvgIpc) is 3.12. The van der Waals surface area contributed by atoms with Crippen LogP contribution in [0.25, 0.3) is 0 Å². The number of rotatable bonds is 3. The molecular weight excluding hydrogens is 353 g/mol. The van der Waals surface area contributed by atoms with Gasteiger partial charge in [0.15, 0.2) is 12.5 Å². The van der Waals surface area contributed by atoms with Crippen molar-refractivity contribution in [3.63, 3.8) is 0 Å². The largest absolute Gasteiger partial charge is 0.358 e. The van der Waals surface area contributed by atoms with E-state index in [4.69, 9.17) is 0 Å². The summed E-state index contributed by atoms with van der Waals surface area (Å²) in [5.74, 6) is 1.31. The zero-order valence-corrected chi connectivity index (χ0v) is 16.6. The number of piperidine rings is 1. The Morgan fingerprint density at radius 3 is 2.68 bits per heavy atom. The summed E-state index contributed by atoms with van der Waals surface area (Å²) >= 11 is 0. The van der Waals surface area contributed by atoms with E-state index in [1.807, 2.05) is 6.07 Å². The average molecular weight is 386 g/mol. The van der Waals surface area contributed by atoms with E-state index in [0.717, 1.165) is 62.9 Å². The number of hydrogen-bond acceptors (Lipinski definition) is 4. The Hall–Kier alpha value is -1.62. The Balaban J connectivity index is 1.26. The quantitative estimate of drug-likeness (QED) is 0.791. The van der Waals surface area contributed by atoms with E-state index >= 15 is 0 Å². The van der Waals surface area contributed by atoms with Gasteiger partial charge < -0.3 is 10.2 Å². The maximum Gasteiger partial charge on any atom is 0.162 e. The highest BCUT2D eigenvalue weighted by molar-refractivity contribution is 5.84. The van der Waals surface area contributed by atoms with E-state index in [2.05, 4.69) is 33.3 Å². The first kappa shape index (κ1) is 18.4. The van der Waals surface area contributed by atoms with Crippen molar-refractivity contribution in [1.29, 1.82) is 0 Å². The summed E-state index contributed by atoms with van der Waals surface area (Å²) in [6.45, 7) is 2.20. The zero-order valence-electron chi connectivity index (χ0n) is 16.6. The van der Waals surface area contributed by atoms with Crippen LogP contribution in [0.3, 0.4) is 0 Å². The maximum atomic E-state index is 13.9. The van der Waals surface area contributed by atoms with E-state index in [9.17, 15) is 9.18 Å². The Kier molecular flexibility index (Phi) is 5.04. The molecule has 0 spiro atoms. The molecule has 2 aliphatic heterocycles. The highest BCUT2D eigenvalue weighted by Crippen LogP contribution is 2.44. The second-order valence-corrected chi connectivity index (χ2v) is 9.25. The summed E-state index contributed by atoms with van der Waals surface area (Å²) in [5, 5.41) is 3.36. The lowest BCUT2D eigenvalue weighted by molar-refractivity contribution is -0.108. The van der Waals surface area contributed by atoms with Gasteiger partial charge in [-0.25, -0.2) is 4.39 Å². The van der Waals surface area contributed by atoms with Crippen molar-refractivity contribution >= 4 is 17.7 Å². The van der Waals surface area contributed by atoms with E-state index in [1.165, 1.54) is 19.3 Å². The van der Waals surface area contributed by atoms with Gasteiger partial charge in [0, 0.05) is 25.2 Å². The van der Waals surface area contributed by atoms with Crippen LogP contribution in [-0.2, 0) is 4.79 Å². The summed E-state index contributed by atoms with van der Waals surface area (Å²) in [5.41, 5.74) is 2.23. The second-order valence-electron chi connectivity index (χ2n) is 9.25. The third-order valence-corrected chi connectivity index (χ3v) is 7.82. The number of aldehydes is 1. The zero-order chi connectivity index (χ0) is 19.1. The number of hydrogen-bond donors (Lipinski definition) is 1. The molecule has 1 N–H and O–H groups in total. The lowest BCUT2D eigenvalue weighted by Crippen LogP contribution is -2.54. The number of likely N-dealkylation sites (tertiary alicyclic amines) is 1. The van der Waals surface area contributed by atoms with Crippen LogP contribution < -0.4 is 10.2 Å². The first-order valence-corrected chi connectivity index (χ1v) is 11.2. The molecule has 5 unspecified atom stereocenters. The van der Waals surface area contributed by atoms with Crippen LogP contribution in [0.5, 0.6) is 0 Å². The molecule has 2 heterocycles. The van der Waals surface area contributed by atoms with Crippen molar-refractivity contribution in [3.8, 4) is 0 Å². The Morgan fingerprint density at radius 1 is 1.04 bits per heavy atom. The molecule has 5 atom stereocenters. The highest BCUT2D eigenvalue weighted by Gasteiger charge is 2.42. The Labute approximate surface area is 167 Å². The first-order chi connectivity index (χ1) is 13.7. The van der Waals surface area contributed by atoms with E-state index in [1.54, 1.807) is 0 Å². The fraction of sp³-hybridized carbons (Fsp3) is 0.696. The van der Waals surface area contributed by atoms with Gasteiger partial charge in [0.1, 0.15) is 6.17 Å². The molecular formula is C23H32FN3O. The molecule has 0 radical (unpaired) electrons. The van der Waals surface area contributed by atoms with Crippen molar-refractivity contribution < 1.29 is 9.18 Å². The monoisotopic (exact) mass is 385 g/mol. The van der Waals surface area contributed by atoms with Crippen LogP contribution in [0.1, 0.15) is 51.4 Å². The number of benzene rings is 1. The summed E-state index contributed by atoms with van der Waals surface area (Å²) in [6.07, 6.45) is 8.85. The van der Waals surface area contributed by atoms with Gasteiger partial charge in [-0.3, -0.25) is 9.69 Å². The minimum Gasteiger partial charge on any atom is -0.358 e. The minimum atomic E-state index is -0.561. The fourth-order valence-corrected chi connectivity index (χ4v) is 6.54. The van der Waals surface area contributed by atoms with Crippen molar-refractivity contribution in [2.45, 2.75) is 75.8 Å². The normalized spacial score (nSPS) is 36.5. The second kappa shape index (κ2) is 7.66. The predicted octanol–water partition coefficient (Wildman–Crippen LogP) is 4.21. The lowest BCUT2D eigenvalue weighted by Gasteiger charge is -2.49. The molecule has 1 aromatic carbocycles. The SMILES string of the molecule is O=CC1Nc2ccccc2N1C1CCN(C2CCCC3CC(F)CCC32)CC1. The number of halogens is 1. The number of nitrogens with one attached hydrogen (secondary N) is 1. The van der Waals surface area contributed by atoms with Gasteiger partial charge in [0.05, 0.1) is 11.4 Å². The number of carbonyl (C=O) groups is 1. The summed E-state index contributed by atoms with van der Waals surface area (Å²) in [6, 6.07) is 9.32. The van der Waals surface area contributed by atoms with Crippen molar-refractivity contribution in [2.24, 2.45) is 11.8 Å². The van der Waals surface area contributed by atoms with Gasteiger partial charge in [-0.15, -0.1) is 0 Å². The maximum absolute atomic E-state index is 13.9. The molecule has 3 fully saturated rings. The molecule has 2 aliphatic carbocycles. The molecule has 5 rings (SSSR count). The first-order valence-electron chi connectivity index (χ1n) is 11.2. The number of nitrogens with zero attached hydrogens (tertiary/aromatic N) is 2. The number of para-hydroxylation sites is 2. The molecule has 0 bridgehead atoms. The molecule has 4 nitrogen and oxygen atoms in total. The number of carbonyl (C=O) groups excluding carboxylic acids is 1. The van der Waals surface area contributed by atoms with Gasteiger partial charge in [0.2, 0.25) is 0 Å². The lowest BCUT2D eigenvalue weighted by atomic mass is 9.67. The Morgan fingerprint density at radius 2 is 1.86 bits per heavy atom. The van der Waals surface area contributed by atoms with Crippen LogP contribution in [0.15, 0.2) is 24.3 Å². The molecule has 1 saturated heterocycles. The molecule has 2 saturated carbocycles. The molecule has 0 aromatic heterocycles. The van der Waals surface area contributed by atoms with Crippen LogP contribution in [0.2, 0.25) is 0 Å². The smallest absolute Gasteiger partial charge is 0.162 e. The molecule has 28 heavy (non-hydrogen) atoms. The molecule has 4 aliphatic rings. The summed E-state index contributed by atoms with van der Waals surface area (Å²) in [4.78, 5) is 16.7. The molecule has 1 aromatic rings. The number of anilines is 2. The van der Waals surface area contributed by atoms with Crippen molar-refractivity contribution in [2.75, 3.05) is 23.3 Å². The van der Waals surface area contributed by atoms with Gasteiger partial charge in [-0.1, -0.05) is 18.6 Å². The summed E-state index contributed by atoms with van der Waals surface area (Å²) < 4.78 is 13.9. The highest BCUT2D eigenvalue weighted by atomic mass is 19.1. The third kappa shape index (κ3) is 3.22. The standard InChI is InChI=1S/C23H32FN3O/c24-17-8-9-19-16(14-17)4-3-7-21(19)26-12-10-18(11-13-26)27-22-6-2-1-5-20(22)25-23(27)15-28/h1-2,5-6,15-19,21,23,25H,3-4,7-14H2. The van der Waals surface area contributed by atoms with E-state index in [-0.39, 0.29) is 6.17 Å². The van der Waals surface area contributed by atoms with Crippen molar-refractivity contribution in [3.05, 3.63) is 24.3 Å². The van der Waals surface area contributed by atoms with Gasteiger partial charge in [-0.2, -0.15) is 0 Å². The topological polar surface area (TPSA) is 35.6 Å². The predicted molar refractivity (Wildman–Crippen MR) is 110 cm³/mol. The fourth-order valence-electron chi connectivity index (χ4n) is 6.54. The van der Waals surface area contributed by atoms with Gasteiger partial charge in [0.25, 0.3) is 0 Å². The number of fused-ring (bicyclic) bond motifs is 2. The van der Waals surface area contributed by atoms with E-state index < -0.39 is 6.17 Å². The summed E-state index contributed by atoms with van der Waals surface area (Å²) in [7, 11) is 0. The molecule has 0 amide bonds. The Bertz CT molecular complexity index is 705. The molecule has 152 valence electrons. The van der Waals surface area contributed by atoms with Gasteiger partial charge in [-0.05, 0) is 68.9 Å². The van der Waals surface area contributed by atoms with Crippen LogP contribution >= 0.6 is 0 Å². The van der Waals surface area contributed by atoms with Crippen molar-refractivity contribution in [1.82, 2.24) is 4.90 Å². The molecule has 5 heteroatoms. The van der Waals surface area contributed by atoms with Gasteiger partial charge >= 0.3 is 0 Å². The minimum absolute atomic E-state index is 0.243. The van der Waals surface area contributed by atoms with E-state index in [0.29, 0.717) is 23.9 Å². The van der Waals surface area contributed by atoms with Crippen LogP contribution in [0.4, 0.5) is 15.8 Å². The van der Waals surface area contributed by atoms with Crippen LogP contribution in [-0.4, -0.2) is 48.7 Å². The number of alkyl halides is 1. The van der Waals surface area contributed by atoms with Crippen LogP contribution in [0, 0.1) is 11.8 Å².